The van der Waals surface area contributed by atoms with Crippen LogP contribution in [0.5, 0.6) is 0 Å². The highest BCUT2D eigenvalue weighted by Crippen LogP contribution is 2.68. The lowest BCUT2D eigenvalue weighted by atomic mass is 9.43. The van der Waals surface area contributed by atoms with Crippen molar-refractivity contribution in [3.05, 3.63) is 65.2 Å². The van der Waals surface area contributed by atoms with Gasteiger partial charge in [0.05, 0.1) is 12.2 Å². The number of carbonyl (C=O) groups excluding carboxylic acids is 2. The Morgan fingerprint density at radius 2 is 1.64 bits per heavy atom. The van der Waals surface area contributed by atoms with E-state index in [-0.39, 0.29) is 41.1 Å². The van der Waals surface area contributed by atoms with Crippen molar-refractivity contribution in [3.63, 3.8) is 0 Å². The number of nitrogen functional groups attached to an aromatic ring is 1. The van der Waals surface area contributed by atoms with Gasteiger partial charge in [-0.1, -0.05) is 63.2 Å². The molecule has 0 unspecified atom stereocenters. The number of Topliss-reactive ketones (excluding diaryl/α,β-unsaturated/α-hetero) is 1. The van der Waals surface area contributed by atoms with Gasteiger partial charge in [0.25, 0.3) is 0 Å². The number of fused-ring (bicyclic) bond motifs is 5. The van der Waals surface area contributed by atoms with Gasteiger partial charge in [0, 0.05) is 30.6 Å². The highest BCUT2D eigenvalue weighted by molar-refractivity contribution is 5.98. The minimum Gasteiger partial charge on any atom is -0.398 e. The van der Waals surface area contributed by atoms with Crippen molar-refractivity contribution < 1.29 is 19.8 Å². The maximum atomic E-state index is 12.9. The molecular formula is C39H54N2O4. The summed E-state index contributed by atoms with van der Waals surface area (Å²) >= 11 is 0. The number of ketones is 1. The molecule has 6 nitrogen and oxygen atoms in total. The molecule has 4 aliphatic rings. The maximum absolute atomic E-state index is 12.9. The van der Waals surface area contributed by atoms with Crippen molar-refractivity contribution in [2.24, 2.45) is 46.3 Å². The summed E-state index contributed by atoms with van der Waals surface area (Å²) in [6.07, 6.45) is 9.72. The van der Waals surface area contributed by atoms with Gasteiger partial charge in [0.1, 0.15) is 0 Å². The van der Waals surface area contributed by atoms with Gasteiger partial charge in [0.2, 0.25) is 5.91 Å². The summed E-state index contributed by atoms with van der Waals surface area (Å²) in [5.41, 5.74) is 9.56. The van der Waals surface area contributed by atoms with E-state index in [2.05, 4.69) is 26.1 Å². The molecule has 0 aliphatic heterocycles. The van der Waals surface area contributed by atoms with Crippen LogP contribution in [0.2, 0.25) is 0 Å². The van der Waals surface area contributed by atoms with Crippen molar-refractivity contribution >= 4 is 17.4 Å². The van der Waals surface area contributed by atoms with Crippen molar-refractivity contribution in [3.8, 4) is 0 Å². The number of amides is 1. The van der Waals surface area contributed by atoms with Crippen LogP contribution in [0, 0.1) is 46.3 Å². The first kappa shape index (κ1) is 32.2. The van der Waals surface area contributed by atoms with Gasteiger partial charge in [-0.3, -0.25) is 9.59 Å². The maximum Gasteiger partial charge on any atom is 0.220 e. The largest absolute Gasteiger partial charge is 0.398 e. The van der Waals surface area contributed by atoms with Gasteiger partial charge >= 0.3 is 0 Å². The van der Waals surface area contributed by atoms with Crippen molar-refractivity contribution in [2.45, 2.75) is 110 Å². The minimum atomic E-state index is -0.252. The summed E-state index contributed by atoms with van der Waals surface area (Å²) in [7, 11) is 0. The normalized spacial score (nSPS) is 36.3. The number of hydrogen-bond donors (Lipinski definition) is 4. The second-order valence-corrected chi connectivity index (χ2v) is 15.7. The van der Waals surface area contributed by atoms with Crippen LogP contribution in [0.1, 0.15) is 106 Å². The molecule has 0 bridgehead atoms. The van der Waals surface area contributed by atoms with Crippen LogP contribution in [0.4, 0.5) is 5.69 Å². The van der Waals surface area contributed by atoms with Gasteiger partial charge in [-0.15, -0.1) is 0 Å². The third kappa shape index (κ3) is 6.22. The molecule has 2 aromatic carbocycles. The number of nitrogens with two attached hydrogens (primary N) is 1. The Morgan fingerprint density at radius 1 is 0.933 bits per heavy atom. The number of aliphatic hydroxyl groups is 2. The zero-order chi connectivity index (χ0) is 31.9. The van der Waals surface area contributed by atoms with Crippen LogP contribution in [-0.4, -0.2) is 34.1 Å². The molecule has 0 radical (unpaired) electrons. The Hall–Kier alpha value is -2.70. The zero-order valence-electron chi connectivity index (χ0n) is 27.5. The number of para-hydroxylation sites is 1. The molecule has 0 aromatic heterocycles. The number of carbonyl (C=O) groups is 2. The Kier molecular flexibility index (Phi) is 9.20. The van der Waals surface area contributed by atoms with Crippen molar-refractivity contribution in [2.75, 3.05) is 5.73 Å². The third-order valence-corrected chi connectivity index (χ3v) is 13.4. The molecule has 45 heavy (non-hydrogen) atoms. The summed E-state index contributed by atoms with van der Waals surface area (Å²) in [6, 6.07) is 14.9. The van der Waals surface area contributed by atoms with Crippen LogP contribution in [0.3, 0.4) is 0 Å². The van der Waals surface area contributed by atoms with Crippen LogP contribution < -0.4 is 11.1 Å². The number of nitrogens with one attached hydrogen (secondary N) is 1. The molecule has 4 fully saturated rings. The van der Waals surface area contributed by atoms with Crippen molar-refractivity contribution in [1.29, 1.82) is 0 Å². The highest BCUT2D eigenvalue weighted by atomic mass is 16.3. The predicted molar refractivity (Wildman–Crippen MR) is 178 cm³/mol. The fraction of sp³-hybridized carbons (Fsp3) is 0.641. The second kappa shape index (κ2) is 12.8. The van der Waals surface area contributed by atoms with E-state index < -0.39 is 0 Å². The summed E-state index contributed by atoms with van der Waals surface area (Å²) in [5, 5.41) is 25.0. The van der Waals surface area contributed by atoms with E-state index >= 15 is 0 Å². The lowest BCUT2D eigenvalue weighted by Gasteiger charge is -2.62. The molecule has 0 saturated heterocycles. The van der Waals surface area contributed by atoms with Crippen LogP contribution in [0.15, 0.2) is 48.5 Å². The molecule has 244 valence electrons. The zero-order valence-corrected chi connectivity index (χ0v) is 27.5. The average Bonchev–Trinajstić information content (AvgIpc) is 3.38. The van der Waals surface area contributed by atoms with Crippen molar-refractivity contribution in [1.82, 2.24) is 5.32 Å². The number of hydrogen-bond acceptors (Lipinski definition) is 5. The SMILES string of the molecule is C[C@H](CCC(=O)NCc1ccc(C(=O)Cc2ccccc2N)cc1)[C@H]1CC[C@H]2[C@@H]3[C@@H](O)C[C@@H]4C[C@H](O)CC[C@]4(C)[C@H]3CC[C@]12C. The summed E-state index contributed by atoms with van der Waals surface area (Å²) in [6.45, 7) is 7.76. The number of aliphatic hydroxyl groups excluding tert-OH is 2. The third-order valence-electron chi connectivity index (χ3n) is 13.4. The van der Waals surface area contributed by atoms with Gasteiger partial charge in [0.15, 0.2) is 5.78 Å². The van der Waals surface area contributed by atoms with E-state index in [1.165, 1.54) is 25.7 Å². The molecule has 5 N–H and O–H groups in total. The molecule has 0 heterocycles. The predicted octanol–water partition coefficient (Wildman–Crippen LogP) is 6.72. The molecule has 4 saturated carbocycles. The van der Waals surface area contributed by atoms with Gasteiger partial charge < -0.3 is 21.3 Å². The molecule has 6 rings (SSSR count). The smallest absolute Gasteiger partial charge is 0.220 e. The van der Waals surface area contributed by atoms with E-state index in [4.69, 9.17) is 5.73 Å². The standard InChI is InChI=1S/C39H54N2O4/c1-24(8-15-36(45)41-23-25-9-11-26(12-10-25)34(43)20-27-6-4-5-7-33(27)40)30-13-14-31-37-32(17-19-39(30,31)3)38(2)18-16-29(42)21-28(38)22-35(37)44/h4-7,9-12,24,28-32,35,37,42,44H,8,13-23,40H2,1-3H3,(H,41,45)/t24-,28+,29-,30-,31+,32+,35+,37+,38+,39-/m1/s1. The first-order valence-corrected chi connectivity index (χ1v) is 17.6. The Labute approximate surface area is 269 Å². The van der Waals surface area contributed by atoms with Crippen LogP contribution in [0.25, 0.3) is 0 Å². The lowest BCUT2D eigenvalue weighted by Crippen LogP contribution is -2.58. The highest BCUT2D eigenvalue weighted by Gasteiger charge is 2.62. The number of anilines is 1. The van der Waals surface area contributed by atoms with Crippen LogP contribution >= 0.6 is 0 Å². The molecule has 10 atom stereocenters. The number of benzene rings is 2. The quantitative estimate of drug-likeness (QED) is 0.185. The molecule has 4 aliphatic carbocycles. The second-order valence-electron chi connectivity index (χ2n) is 15.7. The van der Waals surface area contributed by atoms with Gasteiger partial charge in [-0.2, -0.15) is 0 Å². The van der Waals surface area contributed by atoms with Gasteiger partial charge in [-0.05, 0) is 121 Å². The topological polar surface area (TPSA) is 113 Å². The Bertz CT molecular complexity index is 1380. The Balaban J connectivity index is 0.994. The monoisotopic (exact) mass is 614 g/mol. The van der Waals surface area contributed by atoms with Gasteiger partial charge in [-0.25, -0.2) is 0 Å². The molecule has 2 aromatic rings. The van der Waals surface area contributed by atoms with E-state index in [1.807, 2.05) is 48.5 Å². The fourth-order valence-electron chi connectivity index (χ4n) is 10.8. The molecule has 6 heteroatoms. The summed E-state index contributed by atoms with van der Waals surface area (Å²) < 4.78 is 0. The van der Waals surface area contributed by atoms with E-state index in [0.717, 1.165) is 43.2 Å². The first-order valence-electron chi connectivity index (χ1n) is 17.6. The molecular weight excluding hydrogens is 560 g/mol. The Morgan fingerprint density at radius 3 is 2.40 bits per heavy atom. The first-order chi connectivity index (χ1) is 21.5. The molecule has 1 amide bonds. The fourth-order valence-corrected chi connectivity index (χ4v) is 10.8. The van der Waals surface area contributed by atoms with E-state index in [9.17, 15) is 19.8 Å². The lowest BCUT2D eigenvalue weighted by molar-refractivity contribution is -0.174. The van der Waals surface area contributed by atoms with E-state index in [0.29, 0.717) is 59.7 Å². The summed E-state index contributed by atoms with van der Waals surface area (Å²) in [4.78, 5) is 25.6. The van der Waals surface area contributed by atoms with E-state index in [1.54, 1.807) is 0 Å². The molecule has 0 spiro atoms. The summed E-state index contributed by atoms with van der Waals surface area (Å²) in [5.74, 6) is 3.07. The minimum absolute atomic E-state index is 0.0269. The number of rotatable bonds is 9. The average molecular weight is 615 g/mol. The van der Waals surface area contributed by atoms with Crippen LogP contribution in [-0.2, 0) is 17.8 Å².